The van der Waals surface area contributed by atoms with Crippen LogP contribution in [-0.4, -0.2) is 70.0 Å². The van der Waals surface area contributed by atoms with Gasteiger partial charge in [-0.25, -0.2) is 4.79 Å². The van der Waals surface area contributed by atoms with Gasteiger partial charge in [0.25, 0.3) is 0 Å². The van der Waals surface area contributed by atoms with Crippen LogP contribution in [-0.2, 0) is 10.2 Å². The van der Waals surface area contributed by atoms with Crippen LogP contribution in [0.25, 0.3) is 0 Å². The minimum absolute atomic E-state index is 0.212. The molecule has 5 heterocycles. The van der Waals surface area contributed by atoms with E-state index in [4.69, 9.17) is 18.9 Å². The van der Waals surface area contributed by atoms with Crippen molar-refractivity contribution in [3.8, 4) is 17.2 Å². The first-order valence-electron chi connectivity index (χ1n) is 13.2. The van der Waals surface area contributed by atoms with Crippen LogP contribution in [0.4, 0.5) is 5.69 Å². The van der Waals surface area contributed by atoms with Gasteiger partial charge in [-0.15, -0.1) is 0 Å². The van der Waals surface area contributed by atoms with Gasteiger partial charge in [-0.3, -0.25) is 4.90 Å². The highest BCUT2D eigenvalue weighted by Crippen LogP contribution is 2.68. The molecule has 0 amide bonds. The van der Waals surface area contributed by atoms with Gasteiger partial charge in [0, 0.05) is 37.3 Å². The SMILES string of the molecule is C/C=C1/CN2[C@H]3C[C@@]45c6ccccc6N(C)[C@H]4[C@@H]2C[C@@H]1C3C5OC(=O)c1cc(OC)c(OC)c(OC)c1. The van der Waals surface area contributed by atoms with Crippen LogP contribution >= 0.6 is 0 Å². The van der Waals surface area contributed by atoms with Gasteiger partial charge in [0.1, 0.15) is 6.10 Å². The second kappa shape index (κ2) is 7.90. The number of para-hydroxylation sites is 1. The minimum atomic E-state index is -0.340. The zero-order valence-corrected chi connectivity index (χ0v) is 22.1. The number of piperidine rings is 4. The van der Waals surface area contributed by atoms with E-state index in [9.17, 15) is 4.79 Å². The Morgan fingerprint density at radius 1 is 1.05 bits per heavy atom. The minimum Gasteiger partial charge on any atom is -0.493 e. The van der Waals surface area contributed by atoms with Gasteiger partial charge in [-0.2, -0.15) is 0 Å². The maximum atomic E-state index is 13.9. The number of nitrogens with zero attached hydrogens (tertiary/aromatic N) is 2. The van der Waals surface area contributed by atoms with Gasteiger partial charge in [-0.05, 0) is 49.4 Å². The number of benzene rings is 2. The Hall–Kier alpha value is -3.19. The van der Waals surface area contributed by atoms with E-state index in [2.05, 4.69) is 54.1 Å². The number of fused-ring (bicyclic) bond motifs is 2. The van der Waals surface area contributed by atoms with Crippen molar-refractivity contribution in [3.63, 3.8) is 0 Å². The Morgan fingerprint density at radius 2 is 1.78 bits per heavy atom. The molecule has 37 heavy (non-hydrogen) atoms. The van der Waals surface area contributed by atoms with E-state index in [1.54, 1.807) is 33.5 Å². The molecule has 8 atom stereocenters. The number of ether oxygens (including phenoxy) is 4. The number of likely N-dealkylation sites (N-methyl/N-ethyl adjacent to an activating group) is 1. The Labute approximate surface area is 217 Å². The molecule has 194 valence electrons. The van der Waals surface area contributed by atoms with E-state index in [1.165, 1.54) is 16.8 Å². The Morgan fingerprint density at radius 3 is 2.46 bits per heavy atom. The molecule has 2 aromatic carbocycles. The van der Waals surface area contributed by atoms with E-state index in [0.717, 1.165) is 19.4 Å². The molecule has 0 N–H and O–H groups in total. The zero-order chi connectivity index (χ0) is 25.6. The lowest BCUT2D eigenvalue weighted by Gasteiger charge is -2.58. The van der Waals surface area contributed by atoms with Crippen LogP contribution in [0.15, 0.2) is 48.0 Å². The number of anilines is 1. The molecule has 6 aliphatic rings. The maximum Gasteiger partial charge on any atom is 0.338 e. The average molecular weight is 503 g/mol. The summed E-state index contributed by atoms with van der Waals surface area (Å²) in [5.41, 5.74) is 4.31. The molecule has 4 saturated heterocycles. The maximum absolute atomic E-state index is 13.9. The predicted octanol–water partition coefficient (Wildman–Crippen LogP) is 4.05. The topological polar surface area (TPSA) is 60.5 Å². The summed E-state index contributed by atoms with van der Waals surface area (Å²) >= 11 is 0. The number of rotatable bonds is 5. The van der Waals surface area contributed by atoms with Gasteiger partial charge in [0.2, 0.25) is 5.75 Å². The van der Waals surface area contributed by atoms with Crippen LogP contribution in [0.2, 0.25) is 0 Å². The molecular formula is C30H34N2O5. The molecule has 7 heteroatoms. The summed E-state index contributed by atoms with van der Waals surface area (Å²) in [7, 11) is 6.91. The lowest BCUT2D eigenvalue weighted by molar-refractivity contribution is -0.0390. The van der Waals surface area contributed by atoms with Gasteiger partial charge in [0.15, 0.2) is 11.5 Å². The number of methoxy groups -OCH3 is 3. The largest absolute Gasteiger partial charge is 0.493 e. The summed E-state index contributed by atoms with van der Waals surface area (Å²) < 4.78 is 23.2. The molecule has 5 aliphatic heterocycles. The molecule has 3 unspecified atom stereocenters. The molecular weight excluding hydrogens is 468 g/mol. The zero-order valence-electron chi connectivity index (χ0n) is 22.1. The summed E-state index contributed by atoms with van der Waals surface area (Å²) in [6, 6.07) is 13.3. The van der Waals surface area contributed by atoms with Crippen LogP contribution in [0.5, 0.6) is 17.2 Å². The fourth-order valence-corrected chi connectivity index (χ4v) is 8.89. The third kappa shape index (κ3) is 2.73. The lowest BCUT2D eigenvalue weighted by Crippen LogP contribution is -2.68. The molecule has 1 spiro atoms. The van der Waals surface area contributed by atoms with Crippen LogP contribution in [0.1, 0.15) is 35.7 Å². The summed E-state index contributed by atoms with van der Waals surface area (Å²) in [6.07, 6.45) is 4.24. The summed E-state index contributed by atoms with van der Waals surface area (Å²) in [6.45, 7) is 3.19. The van der Waals surface area contributed by atoms with Gasteiger partial charge >= 0.3 is 5.97 Å². The summed E-state index contributed by atoms with van der Waals surface area (Å²) in [4.78, 5) is 19.1. The van der Waals surface area contributed by atoms with Crippen molar-refractivity contribution >= 4 is 11.7 Å². The smallest absolute Gasteiger partial charge is 0.338 e. The lowest BCUT2D eigenvalue weighted by atomic mass is 9.65. The van der Waals surface area contributed by atoms with E-state index in [0.29, 0.717) is 40.8 Å². The highest BCUT2D eigenvalue weighted by atomic mass is 16.5. The van der Waals surface area contributed by atoms with Crippen molar-refractivity contribution in [1.29, 1.82) is 0 Å². The molecule has 1 aliphatic carbocycles. The summed E-state index contributed by atoms with van der Waals surface area (Å²) in [5.74, 6) is 1.75. The number of carbonyl (C=O) groups is 1. The first-order valence-corrected chi connectivity index (χ1v) is 13.2. The number of allylic oxidation sites excluding steroid dienone is 1. The number of carbonyl (C=O) groups excluding carboxylic acids is 1. The summed E-state index contributed by atoms with van der Waals surface area (Å²) in [5, 5.41) is 0. The molecule has 8 rings (SSSR count). The molecule has 6 bridgehead atoms. The van der Waals surface area contributed by atoms with Gasteiger partial charge in [-0.1, -0.05) is 29.8 Å². The van der Waals surface area contributed by atoms with E-state index >= 15 is 0 Å². The van der Waals surface area contributed by atoms with E-state index < -0.39 is 0 Å². The monoisotopic (exact) mass is 502 g/mol. The molecule has 7 nitrogen and oxygen atoms in total. The quantitative estimate of drug-likeness (QED) is 0.452. The first-order chi connectivity index (χ1) is 18.0. The van der Waals surface area contributed by atoms with Crippen LogP contribution in [0, 0.1) is 11.8 Å². The van der Waals surface area contributed by atoms with E-state index in [1.807, 2.05) is 0 Å². The average Bonchev–Trinajstić information content (AvgIpc) is 3.34. The second-order valence-corrected chi connectivity index (χ2v) is 11.1. The van der Waals surface area contributed by atoms with Crippen LogP contribution in [0.3, 0.4) is 0 Å². The van der Waals surface area contributed by atoms with Crippen molar-refractivity contribution in [3.05, 3.63) is 59.2 Å². The van der Waals surface area contributed by atoms with Crippen molar-refractivity contribution in [1.82, 2.24) is 4.90 Å². The third-order valence-electron chi connectivity index (χ3n) is 10.1. The molecule has 5 fully saturated rings. The van der Waals surface area contributed by atoms with Crippen molar-refractivity contribution in [2.45, 2.75) is 49.4 Å². The molecule has 0 aromatic heterocycles. The predicted molar refractivity (Wildman–Crippen MR) is 140 cm³/mol. The third-order valence-corrected chi connectivity index (χ3v) is 10.1. The number of hydrogen-bond acceptors (Lipinski definition) is 7. The van der Waals surface area contributed by atoms with E-state index in [-0.39, 0.29) is 29.4 Å². The van der Waals surface area contributed by atoms with Crippen LogP contribution < -0.4 is 19.1 Å². The normalized spacial score (nSPS) is 36.9. The fraction of sp³-hybridized carbons (Fsp3) is 0.500. The molecule has 1 saturated carbocycles. The highest BCUT2D eigenvalue weighted by Gasteiger charge is 2.75. The number of hydrogen-bond donors (Lipinski definition) is 0. The fourth-order valence-electron chi connectivity index (χ4n) is 8.89. The Balaban J connectivity index is 1.35. The highest BCUT2D eigenvalue weighted by molar-refractivity contribution is 5.91. The standard InChI is InChI=1S/C30H34N2O5/c1-6-16-15-32-21-13-18(16)25-22(32)14-30(19-9-7-8-10-20(19)31(2)27(21)30)28(25)37-29(33)17-11-23(34-3)26(36-5)24(12-17)35-4/h6-12,18,21-22,25,27-28H,13-15H2,1-5H3/b16-6-/t18-,21-,22-,25?,27-,28?,30+/m0/s1. The van der Waals surface area contributed by atoms with Gasteiger partial charge in [0.05, 0.1) is 38.3 Å². The number of esters is 1. The van der Waals surface area contributed by atoms with Crippen molar-refractivity contribution in [2.24, 2.45) is 11.8 Å². The van der Waals surface area contributed by atoms with Crippen molar-refractivity contribution < 1.29 is 23.7 Å². The van der Waals surface area contributed by atoms with Crippen molar-refractivity contribution in [2.75, 3.05) is 39.8 Å². The Bertz CT molecular complexity index is 1300. The Kier molecular flexibility index (Phi) is 4.91. The molecule has 0 radical (unpaired) electrons. The first kappa shape index (κ1) is 23.0. The molecule has 2 aromatic rings. The second-order valence-electron chi connectivity index (χ2n) is 11.1. The van der Waals surface area contributed by atoms with Gasteiger partial charge < -0.3 is 23.8 Å².